The van der Waals surface area contributed by atoms with Crippen molar-refractivity contribution in [1.29, 1.82) is 0 Å². The predicted molar refractivity (Wildman–Crippen MR) is 107 cm³/mol. The SMILES string of the molecule is COc1ccc(Cc2nc([C@@H](C)N)n(CC(=O)NCCN(C)C)n2)cc1OC. The highest BCUT2D eigenvalue weighted by Crippen LogP contribution is 2.28. The highest BCUT2D eigenvalue weighted by molar-refractivity contribution is 5.75. The molecule has 9 nitrogen and oxygen atoms in total. The number of nitrogens with two attached hydrogens (primary N) is 1. The summed E-state index contributed by atoms with van der Waals surface area (Å²) < 4.78 is 12.2. The fourth-order valence-electron chi connectivity index (χ4n) is 2.72. The lowest BCUT2D eigenvalue weighted by Crippen LogP contribution is -2.34. The van der Waals surface area contributed by atoms with Crippen LogP contribution in [0.25, 0.3) is 0 Å². The Bertz CT molecular complexity index is 788. The van der Waals surface area contributed by atoms with Crippen molar-refractivity contribution < 1.29 is 14.3 Å². The molecule has 2 aromatic rings. The number of hydrogen-bond acceptors (Lipinski definition) is 7. The van der Waals surface area contributed by atoms with E-state index in [1.807, 2.05) is 44.1 Å². The molecule has 0 fully saturated rings. The molecule has 154 valence electrons. The predicted octanol–water partition coefficient (Wildman–Crippen LogP) is 0.584. The number of ether oxygens (including phenoxy) is 2. The van der Waals surface area contributed by atoms with Crippen LogP contribution in [0.3, 0.4) is 0 Å². The minimum Gasteiger partial charge on any atom is -0.493 e. The second-order valence-corrected chi connectivity index (χ2v) is 6.85. The van der Waals surface area contributed by atoms with Crippen molar-refractivity contribution in [2.24, 2.45) is 5.73 Å². The summed E-state index contributed by atoms with van der Waals surface area (Å²) in [5.74, 6) is 2.37. The van der Waals surface area contributed by atoms with Gasteiger partial charge in [-0.1, -0.05) is 6.07 Å². The zero-order valence-corrected chi connectivity index (χ0v) is 17.2. The van der Waals surface area contributed by atoms with Crippen LogP contribution in [-0.2, 0) is 17.8 Å². The highest BCUT2D eigenvalue weighted by atomic mass is 16.5. The summed E-state index contributed by atoms with van der Waals surface area (Å²) in [5.41, 5.74) is 7.00. The molecule has 0 saturated carbocycles. The third-order valence-electron chi connectivity index (χ3n) is 4.14. The molecule has 1 amide bonds. The van der Waals surface area contributed by atoms with Crippen LogP contribution in [0.15, 0.2) is 18.2 Å². The average Bonchev–Trinajstić information content (AvgIpc) is 3.03. The Labute approximate surface area is 165 Å². The lowest BCUT2D eigenvalue weighted by Gasteiger charge is -2.11. The minimum absolute atomic E-state index is 0.0865. The maximum Gasteiger partial charge on any atom is 0.241 e. The first-order valence-electron chi connectivity index (χ1n) is 9.15. The number of rotatable bonds is 10. The molecule has 2 rings (SSSR count). The van der Waals surface area contributed by atoms with Gasteiger partial charge in [-0.05, 0) is 38.7 Å². The molecule has 28 heavy (non-hydrogen) atoms. The third kappa shape index (κ3) is 5.93. The van der Waals surface area contributed by atoms with Crippen molar-refractivity contribution in [3.05, 3.63) is 35.4 Å². The van der Waals surface area contributed by atoms with Crippen LogP contribution in [0.4, 0.5) is 0 Å². The molecule has 0 aliphatic carbocycles. The molecule has 1 atom stereocenters. The van der Waals surface area contributed by atoms with E-state index in [-0.39, 0.29) is 18.5 Å². The largest absolute Gasteiger partial charge is 0.493 e. The number of aromatic nitrogens is 3. The first-order chi connectivity index (χ1) is 13.3. The fourth-order valence-corrected chi connectivity index (χ4v) is 2.72. The third-order valence-corrected chi connectivity index (χ3v) is 4.14. The molecule has 0 spiro atoms. The normalized spacial score (nSPS) is 12.1. The fraction of sp³-hybridized carbons (Fsp3) is 0.526. The van der Waals surface area contributed by atoms with Crippen LogP contribution in [-0.4, -0.2) is 67.0 Å². The van der Waals surface area contributed by atoms with Gasteiger partial charge in [-0.15, -0.1) is 0 Å². The monoisotopic (exact) mass is 390 g/mol. The van der Waals surface area contributed by atoms with Crippen LogP contribution in [0, 0.1) is 0 Å². The van der Waals surface area contributed by atoms with Gasteiger partial charge in [-0.2, -0.15) is 5.10 Å². The van der Waals surface area contributed by atoms with Crippen LogP contribution in [0.5, 0.6) is 11.5 Å². The molecular formula is C19H30N6O3. The molecule has 0 saturated heterocycles. The van der Waals surface area contributed by atoms with Gasteiger partial charge in [0, 0.05) is 19.5 Å². The zero-order chi connectivity index (χ0) is 20.7. The van der Waals surface area contributed by atoms with Gasteiger partial charge < -0.3 is 25.4 Å². The maximum absolute atomic E-state index is 12.2. The summed E-state index contributed by atoms with van der Waals surface area (Å²) >= 11 is 0. The molecule has 1 aromatic heterocycles. The summed E-state index contributed by atoms with van der Waals surface area (Å²) in [6, 6.07) is 5.33. The Morgan fingerprint density at radius 2 is 2.00 bits per heavy atom. The second-order valence-electron chi connectivity index (χ2n) is 6.85. The number of nitrogens with one attached hydrogen (secondary N) is 1. The number of benzene rings is 1. The first-order valence-corrected chi connectivity index (χ1v) is 9.15. The van der Waals surface area contributed by atoms with E-state index >= 15 is 0 Å². The number of amides is 1. The van der Waals surface area contributed by atoms with Gasteiger partial charge in [0.1, 0.15) is 12.4 Å². The van der Waals surface area contributed by atoms with E-state index in [0.717, 1.165) is 12.1 Å². The Kier molecular flexibility index (Phi) is 7.77. The Balaban J connectivity index is 2.12. The molecule has 0 aliphatic heterocycles. The van der Waals surface area contributed by atoms with E-state index < -0.39 is 0 Å². The van der Waals surface area contributed by atoms with Gasteiger partial charge in [0.05, 0.1) is 20.3 Å². The number of carbonyl (C=O) groups excluding carboxylic acids is 1. The molecule has 1 aromatic carbocycles. The highest BCUT2D eigenvalue weighted by Gasteiger charge is 2.17. The van der Waals surface area contributed by atoms with Gasteiger partial charge in [0.25, 0.3) is 0 Å². The van der Waals surface area contributed by atoms with Gasteiger partial charge in [-0.3, -0.25) is 4.79 Å². The van der Waals surface area contributed by atoms with Crippen LogP contribution >= 0.6 is 0 Å². The Hall–Kier alpha value is -2.65. The number of nitrogens with zero attached hydrogens (tertiary/aromatic N) is 4. The number of carbonyl (C=O) groups is 1. The molecule has 9 heteroatoms. The summed E-state index contributed by atoms with van der Waals surface area (Å²) in [4.78, 5) is 18.7. The van der Waals surface area contributed by atoms with E-state index in [0.29, 0.717) is 36.1 Å². The molecular weight excluding hydrogens is 360 g/mol. The first kappa shape index (κ1) is 21.6. The van der Waals surface area contributed by atoms with Gasteiger partial charge in [-0.25, -0.2) is 9.67 Å². The Morgan fingerprint density at radius 3 is 2.61 bits per heavy atom. The van der Waals surface area contributed by atoms with E-state index in [4.69, 9.17) is 15.2 Å². The lowest BCUT2D eigenvalue weighted by atomic mass is 10.1. The summed E-state index contributed by atoms with van der Waals surface area (Å²) in [7, 11) is 7.10. The second kappa shape index (κ2) is 10.0. The maximum atomic E-state index is 12.2. The zero-order valence-electron chi connectivity index (χ0n) is 17.2. The molecule has 3 N–H and O–H groups in total. The minimum atomic E-state index is -0.332. The lowest BCUT2D eigenvalue weighted by molar-refractivity contribution is -0.121. The van der Waals surface area contributed by atoms with Crippen molar-refractivity contribution in [2.45, 2.75) is 25.9 Å². The summed E-state index contributed by atoms with van der Waals surface area (Å²) in [6.07, 6.45) is 0.495. The van der Waals surface area contributed by atoms with Crippen molar-refractivity contribution >= 4 is 5.91 Å². The average molecular weight is 390 g/mol. The van der Waals surface area contributed by atoms with E-state index in [1.165, 1.54) is 0 Å². The topological polar surface area (TPSA) is 108 Å². The number of methoxy groups -OCH3 is 2. The van der Waals surface area contributed by atoms with Crippen LogP contribution < -0.4 is 20.5 Å². The summed E-state index contributed by atoms with van der Waals surface area (Å²) in [5, 5.41) is 7.37. The van der Waals surface area contributed by atoms with Crippen molar-refractivity contribution in [3.63, 3.8) is 0 Å². The Morgan fingerprint density at radius 1 is 1.29 bits per heavy atom. The van der Waals surface area contributed by atoms with Gasteiger partial charge in [0.2, 0.25) is 5.91 Å². The van der Waals surface area contributed by atoms with Crippen molar-refractivity contribution in [3.8, 4) is 11.5 Å². The van der Waals surface area contributed by atoms with Gasteiger partial charge >= 0.3 is 0 Å². The molecule has 0 aliphatic rings. The summed E-state index contributed by atoms with van der Waals surface area (Å²) in [6.45, 7) is 3.26. The molecule has 0 unspecified atom stereocenters. The van der Waals surface area contributed by atoms with Crippen LogP contribution in [0.1, 0.15) is 30.2 Å². The standard InChI is InChI=1S/C19H30N6O3/c1-13(20)19-22-17(11-14-6-7-15(27-4)16(10-14)28-5)23-25(19)12-18(26)21-8-9-24(2)3/h6-7,10,13H,8-9,11-12,20H2,1-5H3,(H,21,26)/t13-/m1/s1. The van der Waals surface area contributed by atoms with E-state index in [2.05, 4.69) is 15.4 Å². The van der Waals surface area contributed by atoms with Crippen molar-refractivity contribution in [2.75, 3.05) is 41.4 Å². The van der Waals surface area contributed by atoms with E-state index in [1.54, 1.807) is 18.9 Å². The smallest absolute Gasteiger partial charge is 0.241 e. The number of hydrogen-bond donors (Lipinski definition) is 2. The molecule has 1 heterocycles. The molecule has 0 radical (unpaired) electrons. The quantitative estimate of drug-likeness (QED) is 0.611. The van der Waals surface area contributed by atoms with Gasteiger partial charge in [0.15, 0.2) is 17.3 Å². The van der Waals surface area contributed by atoms with Crippen molar-refractivity contribution in [1.82, 2.24) is 25.0 Å². The molecule has 0 bridgehead atoms. The van der Waals surface area contributed by atoms with Crippen LogP contribution in [0.2, 0.25) is 0 Å². The number of likely N-dealkylation sites (N-methyl/N-ethyl adjacent to an activating group) is 1. The van der Waals surface area contributed by atoms with E-state index in [9.17, 15) is 4.79 Å².